The van der Waals surface area contributed by atoms with E-state index in [-0.39, 0.29) is 0 Å². The summed E-state index contributed by atoms with van der Waals surface area (Å²) in [4.78, 5) is 8.36. The molecule has 1 atom stereocenters. The maximum absolute atomic E-state index is 4.13. The Hall–Kier alpha value is -1.13. The fourth-order valence-corrected chi connectivity index (χ4v) is 3.99. The van der Waals surface area contributed by atoms with Crippen molar-refractivity contribution < 1.29 is 0 Å². The summed E-state index contributed by atoms with van der Waals surface area (Å²) < 4.78 is 2.20. The third kappa shape index (κ3) is 3.30. The lowest BCUT2D eigenvalue weighted by Gasteiger charge is -2.35. The van der Waals surface area contributed by atoms with Crippen LogP contribution in [0.25, 0.3) is 0 Å². The molecule has 1 saturated heterocycles. The van der Waals surface area contributed by atoms with Crippen molar-refractivity contribution in [2.45, 2.75) is 51.7 Å². The number of aryl methyl sites for hydroxylation is 2. The number of likely N-dealkylation sites (tertiary alicyclic amines) is 1. The van der Waals surface area contributed by atoms with Gasteiger partial charge < -0.3 is 4.57 Å². The van der Waals surface area contributed by atoms with Crippen LogP contribution in [0, 0.1) is 6.92 Å². The van der Waals surface area contributed by atoms with Gasteiger partial charge >= 0.3 is 0 Å². The van der Waals surface area contributed by atoms with Crippen LogP contribution >= 0.6 is 11.3 Å². The predicted molar refractivity (Wildman–Crippen MR) is 83.9 cm³/mol. The summed E-state index contributed by atoms with van der Waals surface area (Å²) >= 11 is 1.90. The first kappa shape index (κ1) is 13.8. The number of aromatic nitrogens is 2. The molecule has 0 aromatic carbocycles. The van der Waals surface area contributed by atoms with Gasteiger partial charge in [-0.2, -0.15) is 0 Å². The molecule has 0 unspecified atom stereocenters. The molecule has 2 aromatic heterocycles. The largest absolute Gasteiger partial charge is 0.337 e. The number of hydrogen-bond donors (Lipinski definition) is 0. The second kappa shape index (κ2) is 6.55. The molecule has 0 bridgehead atoms. The zero-order valence-corrected chi connectivity index (χ0v) is 13.0. The van der Waals surface area contributed by atoms with Crippen molar-refractivity contribution >= 4 is 11.3 Å². The third-order valence-corrected chi connectivity index (χ3v) is 5.35. The average Bonchev–Trinajstić information content (AvgIpc) is 3.11. The molecule has 1 aliphatic heterocycles. The highest BCUT2D eigenvalue weighted by atomic mass is 32.1. The van der Waals surface area contributed by atoms with Crippen LogP contribution in [0.5, 0.6) is 0 Å². The summed E-state index contributed by atoms with van der Waals surface area (Å²) in [6, 6.07) is 2.97. The molecule has 0 amide bonds. The topological polar surface area (TPSA) is 21.1 Å². The molecule has 2 aromatic rings. The number of hydrogen-bond acceptors (Lipinski definition) is 3. The van der Waals surface area contributed by atoms with Gasteiger partial charge in [0.05, 0.1) is 6.33 Å². The SMILES string of the molecule is Cc1ccsc1CN1CCCC[C@@H]1CCn1ccnc1. The Bertz CT molecular complexity index is 518. The zero-order chi connectivity index (χ0) is 13.8. The average molecular weight is 289 g/mol. The van der Waals surface area contributed by atoms with E-state index in [2.05, 4.69) is 39.0 Å². The lowest BCUT2D eigenvalue weighted by atomic mass is 9.99. The van der Waals surface area contributed by atoms with Crippen LogP contribution < -0.4 is 0 Å². The van der Waals surface area contributed by atoms with Crippen LogP contribution in [-0.4, -0.2) is 27.0 Å². The summed E-state index contributed by atoms with van der Waals surface area (Å²) in [7, 11) is 0. The Morgan fingerprint density at radius 2 is 2.35 bits per heavy atom. The number of piperidine rings is 1. The van der Waals surface area contributed by atoms with Crippen molar-refractivity contribution in [3.8, 4) is 0 Å². The second-order valence-electron chi connectivity index (χ2n) is 5.74. The van der Waals surface area contributed by atoms with Gasteiger partial charge in [-0.25, -0.2) is 4.98 Å². The standard InChI is InChI=1S/C16H23N3S/c1-14-6-11-20-16(14)12-19-8-3-2-4-15(19)5-9-18-10-7-17-13-18/h6-7,10-11,13,15H,2-5,8-9,12H2,1H3/t15-/m1/s1. The van der Waals surface area contributed by atoms with Crippen LogP contribution in [0.1, 0.15) is 36.1 Å². The van der Waals surface area contributed by atoms with Crippen molar-refractivity contribution in [2.24, 2.45) is 0 Å². The molecular formula is C16H23N3S. The quantitative estimate of drug-likeness (QED) is 0.837. The number of nitrogens with zero attached hydrogens (tertiary/aromatic N) is 3. The summed E-state index contributed by atoms with van der Waals surface area (Å²) in [6.07, 6.45) is 11.2. The Labute approximate surface area is 125 Å². The summed E-state index contributed by atoms with van der Waals surface area (Å²) in [5.41, 5.74) is 1.45. The van der Waals surface area contributed by atoms with Crippen LogP contribution in [0.15, 0.2) is 30.2 Å². The molecule has 20 heavy (non-hydrogen) atoms. The minimum absolute atomic E-state index is 0.729. The van der Waals surface area contributed by atoms with E-state index < -0.39 is 0 Å². The first-order valence-electron chi connectivity index (χ1n) is 7.55. The Balaban J connectivity index is 1.60. The molecule has 3 heterocycles. The van der Waals surface area contributed by atoms with Gasteiger partial charge in [-0.15, -0.1) is 11.3 Å². The van der Waals surface area contributed by atoms with Crippen molar-refractivity contribution in [1.82, 2.24) is 14.5 Å². The van der Waals surface area contributed by atoms with Crippen LogP contribution in [0.2, 0.25) is 0 Å². The van der Waals surface area contributed by atoms with Gasteiger partial charge in [0.2, 0.25) is 0 Å². The molecule has 1 aliphatic rings. The number of imidazole rings is 1. The van der Waals surface area contributed by atoms with Crippen LogP contribution in [0.4, 0.5) is 0 Å². The predicted octanol–water partition coefficient (Wildman–Crippen LogP) is 3.70. The first-order valence-corrected chi connectivity index (χ1v) is 8.43. The molecule has 0 aliphatic carbocycles. The van der Waals surface area contributed by atoms with Gasteiger partial charge in [0.25, 0.3) is 0 Å². The molecule has 0 radical (unpaired) electrons. The Kier molecular flexibility index (Phi) is 4.53. The van der Waals surface area contributed by atoms with E-state index in [9.17, 15) is 0 Å². The Morgan fingerprint density at radius 3 is 3.10 bits per heavy atom. The van der Waals surface area contributed by atoms with E-state index in [0.29, 0.717) is 0 Å². The minimum atomic E-state index is 0.729. The molecule has 108 valence electrons. The van der Waals surface area contributed by atoms with Crippen molar-refractivity contribution in [3.63, 3.8) is 0 Å². The van der Waals surface area contributed by atoms with E-state index in [1.54, 1.807) is 4.88 Å². The highest BCUT2D eigenvalue weighted by molar-refractivity contribution is 7.10. The third-order valence-electron chi connectivity index (χ3n) is 4.34. The molecule has 0 spiro atoms. The zero-order valence-electron chi connectivity index (χ0n) is 12.2. The van der Waals surface area contributed by atoms with E-state index in [1.807, 2.05) is 23.9 Å². The van der Waals surface area contributed by atoms with Gasteiger partial charge in [0.15, 0.2) is 0 Å². The van der Waals surface area contributed by atoms with Crippen molar-refractivity contribution in [2.75, 3.05) is 6.54 Å². The highest BCUT2D eigenvalue weighted by Crippen LogP contribution is 2.25. The maximum atomic E-state index is 4.13. The van der Waals surface area contributed by atoms with Gasteiger partial charge in [-0.1, -0.05) is 6.42 Å². The molecule has 3 nitrogen and oxygen atoms in total. The number of rotatable bonds is 5. The van der Waals surface area contributed by atoms with Gasteiger partial charge in [-0.05, 0) is 49.7 Å². The van der Waals surface area contributed by atoms with Crippen molar-refractivity contribution in [3.05, 3.63) is 40.6 Å². The molecule has 0 saturated carbocycles. The van der Waals surface area contributed by atoms with Crippen LogP contribution in [0.3, 0.4) is 0 Å². The fourth-order valence-electron chi connectivity index (χ4n) is 3.06. The second-order valence-corrected chi connectivity index (χ2v) is 6.74. The normalized spacial score (nSPS) is 20.4. The highest BCUT2D eigenvalue weighted by Gasteiger charge is 2.22. The molecule has 0 N–H and O–H groups in total. The molecule has 1 fully saturated rings. The van der Waals surface area contributed by atoms with E-state index in [4.69, 9.17) is 0 Å². The van der Waals surface area contributed by atoms with Crippen LogP contribution in [-0.2, 0) is 13.1 Å². The summed E-state index contributed by atoms with van der Waals surface area (Å²) in [5.74, 6) is 0. The van der Waals surface area contributed by atoms with Crippen molar-refractivity contribution in [1.29, 1.82) is 0 Å². The summed E-state index contributed by atoms with van der Waals surface area (Å²) in [5, 5.41) is 2.22. The number of thiophene rings is 1. The smallest absolute Gasteiger partial charge is 0.0945 e. The molecular weight excluding hydrogens is 266 g/mol. The lowest BCUT2D eigenvalue weighted by molar-refractivity contribution is 0.129. The monoisotopic (exact) mass is 289 g/mol. The van der Waals surface area contributed by atoms with E-state index in [0.717, 1.165) is 19.1 Å². The maximum Gasteiger partial charge on any atom is 0.0945 e. The van der Waals surface area contributed by atoms with Gasteiger partial charge in [-0.3, -0.25) is 4.90 Å². The lowest BCUT2D eigenvalue weighted by Crippen LogP contribution is -2.39. The minimum Gasteiger partial charge on any atom is -0.337 e. The molecule has 4 heteroatoms. The van der Waals surface area contributed by atoms with E-state index >= 15 is 0 Å². The Morgan fingerprint density at radius 1 is 1.40 bits per heavy atom. The van der Waals surface area contributed by atoms with Gasteiger partial charge in [0.1, 0.15) is 0 Å². The molecule has 3 rings (SSSR count). The van der Waals surface area contributed by atoms with Gasteiger partial charge in [0, 0.05) is 36.4 Å². The van der Waals surface area contributed by atoms with E-state index in [1.165, 1.54) is 37.8 Å². The first-order chi connectivity index (χ1) is 9.83. The summed E-state index contributed by atoms with van der Waals surface area (Å²) in [6.45, 7) is 5.71. The fraction of sp³-hybridized carbons (Fsp3) is 0.562.